The molecule has 71 valence electrons. The fraction of sp³-hybridized carbons (Fsp3) is 0.143. The highest BCUT2D eigenvalue weighted by atomic mass is 33.1. The number of amidine groups is 1. The largest absolute Gasteiger partial charge is 0.312 e. The Bertz CT molecular complexity index is 407. The molecule has 0 fully saturated rings. The number of fused-ring (bicyclic) bond motifs is 1. The van der Waals surface area contributed by atoms with Crippen molar-refractivity contribution in [3.63, 3.8) is 0 Å². The summed E-state index contributed by atoms with van der Waals surface area (Å²) >= 11 is 1.46. The molecule has 0 amide bonds. The van der Waals surface area contributed by atoms with Crippen LogP contribution in [0.1, 0.15) is 0 Å². The van der Waals surface area contributed by atoms with Gasteiger partial charge in [-0.3, -0.25) is 0 Å². The predicted octanol–water partition coefficient (Wildman–Crippen LogP) is 1.99. The Balaban J connectivity index is 2.09. The molecule has 3 rings (SSSR count). The van der Waals surface area contributed by atoms with Crippen LogP contribution in [0.4, 0.5) is 0 Å². The summed E-state index contributed by atoms with van der Waals surface area (Å²) in [5, 5.41) is 0. The quantitative estimate of drug-likeness (QED) is 0.480. The van der Waals surface area contributed by atoms with Crippen LogP contribution in [-0.4, -0.2) is 24.1 Å². The van der Waals surface area contributed by atoms with Gasteiger partial charge in [0.1, 0.15) is 6.34 Å². The summed E-state index contributed by atoms with van der Waals surface area (Å²) in [4.78, 5) is 8.54. The van der Waals surface area contributed by atoms with Crippen molar-refractivity contribution in [2.45, 2.75) is 0 Å². The minimum Gasteiger partial charge on any atom is -0.312 e. The smallest absolute Gasteiger partial charge is 0.157 e. The molecular weight excluding hydrogens is 236 g/mol. The zero-order chi connectivity index (χ0) is 9.54. The second-order valence-electron chi connectivity index (χ2n) is 2.77. The molecule has 0 aromatic heterocycles. The lowest BCUT2D eigenvalue weighted by molar-refractivity contribution is 0.598. The first kappa shape index (κ1) is 8.75. The van der Waals surface area contributed by atoms with Crippen LogP contribution in [0.5, 0.6) is 0 Å². The van der Waals surface area contributed by atoms with Gasteiger partial charge in [-0.15, -0.1) is 0 Å². The standard InChI is InChI=1S/C7H5N4S3/c1-11-6-4(12-9-3-8-6)2-5-7(11)10-14-13-5/h2-3H,1H3. The molecule has 0 saturated carbocycles. The highest BCUT2D eigenvalue weighted by molar-refractivity contribution is 8.77. The van der Waals surface area contributed by atoms with E-state index < -0.39 is 0 Å². The first-order valence-electron chi connectivity index (χ1n) is 3.88. The number of rotatable bonds is 0. The number of nitrogens with zero attached hydrogens (tertiary/aromatic N) is 4. The van der Waals surface area contributed by atoms with Crippen molar-refractivity contribution in [1.29, 1.82) is 0 Å². The average molecular weight is 241 g/mol. The maximum Gasteiger partial charge on any atom is 0.157 e. The lowest BCUT2D eigenvalue weighted by Gasteiger charge is -2.26. The van der Waals surface area contributed by atoms with Gasteiger partial charge in [-0.1, -0.05) is 0 Å². The Morgan fingerprint density at radius 1 is 1.43 bits per heavy atom. The molecule has 0 aromatic carbocycles. The first-order valence-corrected chi connectivity index (χ1v) is 6.76. The van der Waals surface area contributed by atoms with Crippen molar-refractivity contribution in [3.05, 3.63) is 21.7 Å². The summed E-state index contributed by atoms with van der Waals surface area (Å²) in [7, 11) is 5.17. The SMILES string of the molecule is CN1C2=NC=NSC2=CC2=C1[N]SS2. The molecule has 3 aliphatic heterocycles. The Hall–Kier alpha value is -0.530. The number of allylic oxidation sites excluding steroid dienone is 1. The molecule has 0 N–H and O–H groups in total. The summed E-state index contributed by atoms with van der Waals surface area (Å²) in [5.41, 5.74) is 0. The van der Waals surface area contributed by atoms with E-state index in [4.69, 9.17) is 0 Å². The van der Waals surface area contributed by atoms with E-state index in [1.165, 1.54) is 27.8 Å². The number of aliphatic imine (C=N–C) groups is 1. The molecular formula is C7H5N4S3. The van der Waals surface area contributed by atoms with Crippen LogP contribution < -0.4 is 4.72 Å². The topological polar surface area (TPSA) is 42.1 Å². The zero-order valence-corrected chi connectivity index (χ0v) is 9.62. The molecule has 4 nitrogen and oxygen atoms in total. The Labute approximate surface area is 93.7 Å². The molecule has 1 radical (unpaired) electrons. The van der Waals surface area contributed by atoms with Crippen LogP contribution >= 0.6 is 33.7 Å². The van der Waals surface area contributed by atoms with Gasteiger partial charge >= 0.3 is 0 Å². The monoisotopic (exact) mass is 241 g/mol. The number of likely N-dealkylation sites (N-methyl/N-ethyl adjacent to an activating group) is 1. The zero-order valence-electron chi connectivity index (χ0n) is 7.17. The van der Waals surface area contributed by atoms with Crippen LogP contribution in [0.15, 0.2) is 31.1 Å². The maximum absolute atomic E-state index is 4.34. The summed E-state index contributed by atoms with van der Waals surface area (Å²) in [5.74, 6) is 1.94. The third-order valence-electron chi connectivity index (χ3n) is 1.97. The third kappa shape index (κ3) is 1.19. The predicted molar refractivity (Wildman–Crippen MR) is 63.7 cm³/mol. The Kier molecular flexibility index (Phi) is 2.03. The van der Waals surface area contributed by atoms with E-state index in [0.717, 1.165) is 16.6 Å². The summed E-state index contributed by atoms with van der Waals surface area (Å²) < 4.78 is 8.39. The summed E-state index contributed by atoms with van der Waals surface area (Å²) in [6.07, 6.45) is 3.68. The van der Waals surface area contributed by atoms with Crippen LogP contribution in [-0.2, 0) is 0 Å². The van der Waals surface area contributed by atoms with Crippen molar-refractivity contribution in [2.75, 3.05) is 7.05 Å². The average Bonchev–Trinajstić information content (AvgIpc) is 2.66. The molecule has 7 heteroatoms. The minimum absolute atomic E-state index is 0.940. The van der Waals surface area contributed by atoms with Gasteiger partial charge in [0.15, 0.2) is 11.7 Å². The summed E-state index contributed by atoms with van der Waals surface area (Å²) in [6.45, 7) is 0. The van der Waals surface area contributed by atoms with Gasteiger partial charge in [-0.05, 0) is 16.9 Å². The van der Waals surface area contributed by atoms with Gasteiger partial charge in [0, 0.05) is 19.0 Å². The fourth-order valence-corrected chi connectivity index (χ4v) is 3.86. The van der Waals surface area contributed by atoms with E-state index in [9.17, 15) is 0 Å². The van der Waals surface area contributed by atoms with Gasteiger partial charge in [0.05, 0.1) is 20.8 Å². The second kappa shape index (κ2) is 3.25. The van der Waals surface area contributed by atoms with Gasteiger partial charge in [0.25, 0.3) is 0 Å². The van der Waals surface area contributed by atoms with E-state index in [2.05, 4.69) is 20.2 Å². The van der Waals surface area contributed by atoms with Crippen LogP contribution in [0.25, 0.3) is 0 Å². The first-order chi connectivity index (χ1) is 6.86. The van der Waals surface area contributed by atoms with Gasteiger partial charge in [-0.25, -0.2) is 4.99 Å². The van der Waals surface area contributed by atoms with E-state index in [1.54, 1.807) is 17.1 Å². The van der Waals surface area contributed by atoms with Crippen molar-refractivity contribution in [1.82, 2.24) is 9.62 Å². The Morgan fingerprint density at radius 3 is 3.29 bits per heavy atom. The molecule has 0 atom stereocenters. The number of hydrogen-bond donors (Lipinski definition) is 0. The molecule has 0 aliphatic carbocycles. The molecule has 3 aliphatic rings. The third-order valence-corrected chi connectivity index (χ3v) is 4.45. The van der Waals surface area contributed by atoms with Gasteiger partial charge < -0.3 is 4.90 Å². The van der Waals surface area contributed by atoms with E-state index in [0.29, 0.717) is 0 Å². The molecule has 0 aromatic rings. The lowest BCUT2D eigenvalue weighted by Crippen LogP contribution is -2.32. The normalized spacial score (nSPS) is 23.9. The van der Waals surface area contributed by atoms with E-state index in [1.807, 2.05) is 11.9 Å². The summed E-state index contributed by atoms with van der Waals surface area (Å²) in [6, 6.07) is 0. The van der Waals surface area contributed by atoms with Crippen molar-refractivity contribution in [2.24, 2.45) is 9.39 Å². The lowest BCUT2D eigenvalue weighted by atomic mass is 10.3. The molecule has 14 heavy (non-hydrogen) atoms. The van der Waals surface area contributed by atoms with Crippen LogP contribution in [0, 0.1) is 0 Å². The molecule has 0 unspecified atom stereocenters. The molecule has 0 bridgehead atoms. The van der Waals surface area contributed by atoms with Crippen molar-refractivity contribution >= 4 is 45.9 Å². The van der Waals surface area contributed by atoms with Gasteiger partial charge in [0.2, 0.25) is 0 Å². The molecule has 3 heterocycles. The minimum atomic E-state index is 0.940. The van der Waals surface area contributed by atoms with Crippen LogP contribution in [0.3, 0.4) is 0 Å². The maximum atomic E-state index is 4.34. The second-order valence-corrected chi connectivity index (χ2v) is 5.49. The Morgan fingerprint density at radius 2 is 2.36 bits per heavy atom. The van der Waals surface area contributed by atoms with Crippen molar-refractivity contribution in [3.8, 4) is 0 Å². The highest BCUT2D eigenvalue weighted by Crippen LogP contribution is 2.45. The highest BCUT2D eigenvalue weighted by Gasteiger charge is 2.30. The van der Waals surface area contributed by atoms with Crippen molar-refractivity contribution < 1.29 is 0 Å². The van der Waals surface area contributed by atoms with Crippen LogP contribution in [0.2, 0.25) is 0 Å². The van der Waals surface area contributed by atoms with E-state index >= 15 is 0 Å². The van der Waals surface area contributed by atoms with E-state index in [-0.39, 0.29) is 0 Å². The molecule has 0 spiro atoms. The fourth-order valence-electron chi connectivity index (χ4n) is 1.32. The number of hydrogen-bond acceptors (Lipinski definition) is 6. The molecule has 0 saturated heterocycles. The van der Waals surface area contributed by atoms with Gasteiger partial charge in [-0.2, -0.15) is 9.12 Å².